The van der Waals surface area contributed by atoms with Crippen LogP contribution in [0.3, 0.4) is 0 Å². The van der Waals surface area contributed by atoms with Gasteiger partial charge in [-0.3, -0.25) is 9.59 Å². The fourth-order valence-corrected chi connectivity index (χ4v) is 2.35. The summed E-state index contributed by atoms with van der Waals surface area (Å²) in [5, 5.41) is 19.6. The molecule has 0 unspecified atom stereocenters. The number of ketones is 1. The highest BCUT2D eigenvalue weighted by Gasteiger charge is 2.12. The normalized spacial score (nSPS) is 10.4. The standard InChI is InChI=1S/C19H18N4O5/c24-14(12-23-18(20-21-22-23)10-11-19(25)26)13-27-15-6-8-17(9-7-15)28-16-4-2-1-3-5-16/h1-9H,10-13H2,(H,25,26). The van der Waals surface area contributed by atoms with Gasteiger partial charge in [0.05, 0.1) is 6.42 Å². The van der Waals surface area contributed by atoms with Crippen LogP contribution in [0.1, 0.15) is 12.2 Å². The van der Waals surface area contributed by atoms with Gasteiger partial charge in [0.1, 0.15) is 30.4 Å². The lowest BCUT2D eigenvalue weighted by Crippen LogP contribution is -2.20. The number of tetrazole rings is 1. The average Bonchev–Trinajstić information content (AvgIpc) is 3.13. The molecule has 0 aliphatic carbocycles. The van der Waals surface area contributed by atoms with Crippen LogP contribution in [0.4, 0.5) is 0 Å². The number of aromatic nitrogens is 4. The number of carbonyl (C=O) groups is 2. The number of benzene rings is 2. The highest BCUT2D eigenvalue weighted by molar-refractivity contribution is 5.79. The Bertz CT molecular complexity index is 925. The maximum Gasteiger partial charge on any atom is 0.303 e. The zero-order valence-corrected chi connectivity index (χ0v) is 14.9. The van der Waals surface area contributed by atoms with Gasteiger partial charge in [-0.25, -0.2) is 4.68 Å². The minimum absolute atomic E-state index is 0.0862. The van der Waals surface area contributed by atoms with Gasteiger partial charge in [-0.15, -0.1) is 5.10 Å². The summed E-state index contributed by atoms with van der Waals surface area (Å²) in [7, 11) is 0. The molecule has 0 atom stereocenters. The van der Waals surface area contributed by atoms with Crippen LogP contribution in [0, 0.1) is 0 Å². The molecule has 0 bridgehead atoms. The fourth-order valence-electron chi connectivity index (χ4n) is 2.35. The van der Waals surface area contributed by atoms with Crippen LogP contribution in [0.2, 0.25) is 0 Å². The largest absolute Gasteiger partial charge is 0.486 e. The molecule has 1 N–H and O–H groups in total. The smallest absolute Gasteiger partial charge is 0.303 e. The molecule has 3 rings (SSSR count). The summed E-state index contributed by atoms with van der Waals surface area (Å²) in [4.78, 5) is 22.7. The van der Waals surface area contributed by atoms with Crippen molar-refractivity contribution in [3.8, 4) is 17.2 Å². The van der Waals surface area contributed by atoms with E-state index < -0.39 is 5.97 Å². The van der Waals surface area contributed by atoms with Gasteiger partial charge in [-0.2, -0.15) is 0 Å². The first-order chi connectivity index (χ1) is 13.6. The molecule has 0 saturated carbocycles. The second kappa shape index (κ2) is 9.26. The SMILES string of the molecule is O=C(O)CCc1nnnn1CC(=O)COc1ccc(Oc2ccccc2)cc1. The molecule has 1 aromatic heterocycles. The minimum atomic E-state index is -0.955. The van der Waals surface area contributed by atoms with Gasteiger partial charge in [-0.05, 0) is 46.8 Å². The van der Waals surface area contributed by atoms with E-state index in [-0.39, 0.29) is 31.8 Å². The van der Waals surface area contributed by atoms with Crippen LogP contribution in [0.5, 0.6) is 17.2 Å². The highest BCUT2D eigenvalue weighted by Crippen LogP contribution is 2.23. The minimum Gasteiger partial charge on any atom is -0.486 e. The highest BCUT2D eigenvalue weighted by atomic mass is 16.5. The molecule has 0 saturated heterocycles. The van der Waals surface area contributed by atoms with Crippen molar-refractivity contribution < 1.29 is 24.2 Å². The van der Waals surface area contributed by atoms with Gasteiger partial charge in [0.25, 0.3) is 0 Å². The van der Waals surface area contributed by atoms with E-state index in [1.807, 2.05) is 30.3 Å². The van der Waals surface area contributed by atoms with Crippen molar-refractivity contribution in [1.82, 2.24) is 20.2 Å². The number of aryl methyl sites for hydroxylation is 1. The van der Waals surface area contributed by atoms with Crippen molar-refractivity contribution in [2.75, 3.05) is 6.61 Å². The van der Waals surface area contributed by atoms with Gasteiger partial charge in [0, 0.05) is 6.42 Å². The zero-order chi connectivity index (χ0) is 19.8. The molecule has 9 nitrogen and oxygen atoms in total. The van der Waals surface area contributed by atoms with Crippen molar-refractivity contribution >= 4 is 11.8 Å². The Morgan fingerprint density at radius 3 is 2.36 bits per heavy atom. The van der Waals surface area contributed by atoms with E-state index in [4.69, 9.17) is 14.6 Å². The number of Topliss-reactive ketones (excluding diaryl/α,β-unsaturated/α-hetero) is 1. The van der Waals surface area contributed by atoms with Crippen molar-refractivity contribution in [2.45, 2.75) is 19.4 Å². The summed E-state index contributed by atoms with van der Waals surface area (Å²) in [5.74, 6) is 1.06. The first-order valence-corrected chi connectivity index (χ1v) is 8.54. The van der Waals surface area contributed by atoms with E-state index in [1.54, 1.807) is 24.3 Å². The fraction of sp³-hybridized carbons (Fsp3) is 0.211. The molecule has 1 heterocycles. The maximum atomic E-state index is 12.1. The molecule has 0 spiro atoms. The van der Waals surface area contributed by atoms with Gasteiger partial charge in [0.15, 0.2) is 11.6 Å². The van der Waals surface area contributed by atoms with Gasteiger partial charge < -0.3 is 14.6 Å². The van der Waals surface area contributed by atoms with Gasteiger partial charge in [0.2, 0.25) is 0 Å². The molecular formula is C19H18N4O5. The van der Waals surface area contributed by atoms with Crippen LogP contribution < -0.4 is 9.47 Å². The number of aliphatic carboxylic acids is 1. The first kappa shape index (κ1) is 19.0. The predicted octanol–water partition coefficient (Wildman–Crippen LogP) is 2.13. The van der Waals surface area contributed by atoms with E-state index >= 15 is 0 Å². The average molecular weight is 382 g/mol. The van der Waals surface area contributed by atoms with Crippen molar-refractivity contribution in [2.24, 2.45) is 0 Å². The molecule has 2 aromatic carbocycles. The van der Waals surface area contributed by atoms with E-state index in [0.29, 0.717) is 17.3 Å². The number of hydrogen-bond acceptors (Lipinski definition) is 7. The molecule has 0 fully saturated rings. The second-order valence-electron chi connectivity index (χ2n) is 5.86. The predicted molar refractivity (Wildman–Crippen MR) is 97.2 cm³/mol. The van der Waals surface area contributed by atoms with Crippen LogP contribution in [-0.4, -0.2) is 43.7 Å². The van der Waals surface area contributed by atoms with Crippen LogP contribution >= 0.6 is 0 Å². The van der Waals surface area contributed by atoms with Gasteiger partial charge in [-0.1, -0.05) is 18.2 Å². The van der Waals surface area contributed by atoms with Crippen molar-refractivity contribution in [3.63, 3.8) is 0 Å². The third kappa shape index (κ3) is 5.63. The molecule has 9 heteroatoms. The number of carboxylic acid groups (broad SMARTS) is 1. The first-order valence-electron chi connectivity index (χ1n) is 8.54. The van der Waals surface area contributed by atoms with Crippen molar-refractivity contribution in [1.29, 1.82) is 0 Å². The quantitative estimate of drug-likeness (QED) is 0.567. The Morgan fingerprint density at radius 1 is 0.964 bits per heavy atom. The summed E-state index contributed by atoms with van der Waals surface area (Å²) in [5.41, 5.74) is 0. The summed E-state index contributed by atoms with van der Waals surface area (Å²) in [6, 6.07) is 16.3. The Labute approximate surface area is 160 Å². The van der Waals surface area contributed by atoms with Crippen molar-refractivity contribution in [3.05, 3.63) is 60.4 Å². The second-order valence-corrected chi connectivity index (χ2v) is 5.86. The van der Waals surface area contributed by atoms with E-state index in [9.17, 15) is 9.59 Å². The lowest BCUT2D eigenvalue weighted by Gasteiger charge is -2.08. The monoisotopic (exact) mass is 382 g/mol. The maximum absolute atomic E-state index is 12.1. The van der Waals surface area contributed by atoms with E-state index in [0.717, 1.165) is 5.75 Å². The molecular weight excluding hydrogens is 364 g/mol. The lowest BCUT2D eigenvalue weighted by atomic mass is 10.3. The Balaban J connectivity index is 1.48. The summed E-state index contributed by atoms with van der Waals surface area (Å²) < 4.78 is 12.5. The molecule has 0 radical (unpaired) electrons. The van der Waals surface area contributed by atoms with Gasteiger partial charge >= 0.3 is 5.97 Å². The number of para-hydroxylation sites is 1. The summed E-state index contributed by atoms with van der Waals surface area (Å²) in [6.45, 7) is -0.242. The topological polar surface area (TPSA) is 116 Å². The lowest BCUT2D eigenvalue weighted by molar-refractivity contribution is -0.137. The summed E-state index contributed by atoms with van der Waals surface area (Å²) >= 11 is 0. The number of rotatable bonds is 10. The van der Waals surface area contributed by atoms with Crippen LogP contribution in [-0.2, 0) is 22.6 Å². The van der Waals surface area contributed by atoms with E-state index in [2.05, 4.69) is 15.5 Å². The third-order valence-corrected chi connectivity index (χ3v) is 3.70. The molecule has 144 valence electrons. The Hall–Kier alpha value is -3.75. The number of ether oxygens (including phenoxy) is 2. The molecule has 3 aromatic rings. The zero-order valence-electron chi connectivity index (χ0n) is 14.9. The molecule has 28 heavy (non-hydrogen) atoms. The third-order valence-electron chi connectivity index (χ3n) is 3.70. The number of nitrogens with zero attached hydrogens (tertiary/aromatic N) is 4. The molecule has 0 amide bonds. The Morgan fingerprint density at radius 2 is 1.64 bits per heavy atom. The van der Waals surface area contributed by atoms with E-state index in [1.165, 1.54) is 4.68 Å². The van der Waals surface area contributed by atoms with Crippen LogP contribution in [0.25, 0.3) is 0 Å². The number of carboxylic acids is 1. The molecule has 0 aliphatic heterocycles. The Kier molecular flexibility index (Phi) is 6.29. The number of hydrogen-bond donors (Lipinski definition) is 1. The van der Waals surface area contributed by atoms with Crippen LogP contribution in [0.15, 0.2) is 54.6 Å². The number of carbonyl (C=O) groups excluding carboxylic acids is 1. The molecule has 0 aliphatic rings. The summed E-state index contributed by atoms with van der Waals surface area (Å²) in [6.07, 6.45) is 0.0435.